The molecule has 0 aromatic carbocycles. The Morgan fingerprint density at radius 3 is 2.91 bits per heavy atom. The fourth-order valence-electron chi connectivity index (χ4n) is 0.637. The van der Waals surface area contributed by atoms with Crippen LogP contribution in [-0.2, 0) is 4.79 Å². The van der Waals surface area contributed by atoms with Crippen LogP contribution in [0.25, 0.3) is 6.08 Å². The van der Waals surface area contributed by atoms with E-state index in [1.807, 2.05) is 6.07 Å². The predicted molar refractivity (Wildman–Crippen MR) is 44.1 cm³/mol. The van der Waals surface area contributed by atoms with Crippen LogP contribution in [0.4, 0.5) is 0 Å². The Hall–Kier alpha value is -1.15. The van der Waals surface area contributed by atoms with E-state index in [1.54, 1.807) is 18.3 Å². The van der Waals surface area contributed by atoms with E-state index in [1.165, 1.54) is 6.08 Å². The molecule has 0 spiro atoms. The molecule has 3 heteroatoms. The van der Waals surface area contributed by atoms with Crippen molar-refractivity contribution >= 4 is 24.0 Å². The lowest BCUT2D eigenvalue weighted by Crippen LogP contribution is -1.79. The van der Waals surface area contributed by atoms with Gasteiger partial charge in [-0.05, 0) is 18.2 Å². The lowest BCUT2D eigenvalue weighted by Gasteiger charge is -1.88. The van der Waals surface area contributed by atoms with Crippen molar-refractivity contribution in [2.24, 2.45) is 0 Å². The lowest BCUT2D eigenvalue weighted by atomic mass is 10.3. The number of aldehydes is 1. The van der Waals surface area contributed by atoms with E-state index < -0.39 is 0 Å². The molecule has 0 saturated heterocycles. The summed E-state index contributed by atoms with van der Waals surface area (Å²) in [6, 6.07) is 5.39. The highest BCUT2D eigenvalue weighted by molar-refractivity contribution is 6.40. The van der Waals surface area contributed by atoms with Gasteiger partial charge in [0.2, 0.25) is 0 Å². The Morgan fingerprint density at radius 2 is 2.36 bits per heavy atom. The summed E-state index contributed by atoms with van der Waals surface area (Å²) in [4.78, 5) is 14.0. The maximum absolute atomic E-state index is 10.1. The molecule has 0 bridgehead atoms. The normalized spacial score (nSPS) is 11.2. The molecule has 1 aromatic heterocycles. The van der Waals surface area contributed by atoms with Crippen LogP contribution < -0.4 is 0 Å². The number of hydrogen-bond donors (Lipinski definition) is 0. The van der Waals surface area contributed by atoms with Gasteiger partial charge >= 0.3 is 0 Å². The van der Waals surface area contributed by atoms with Crippen LogP contribution in [0.3, 0.4) is 0 Å². The molecular formula is C8H6ClNO. The zero-order valence-corrected chi connectivity index (χ0v) is 6.45. The van der Waals surface area contributed by atoms with Gasteiger partial charge in [-0.15, -0.1) is 0 Å². The number of allylic oxidation sites excluding steroid dienone is 1. The molecule has 1 rings (SSSR count). The van der Waals surface area contributed by atoms with E-state index in [2.05, 4.69) is 4.98 Å². The summed E-state index contributed by atoms with van der Waals surface area (Å²) in [5.41, 5.74) is 0.685. The van der Waals surface area contributed by atoms with Gasteiger partial charge in [0.25, 0.3) is 0 Å². The molecule has 0 saturated carbocycles. The van der Waals surface area contributed by atoms with Crippen LogP contribution >= 0.6 is 11.6 Å². The molecule has 56 valence electrons. The number of halogens is 1. The highest BCUT2D eigenvalue weighted by Gasteiger charge is 1.89. The summed E-state index contributed by atoms with van der Waals surface area (Å²) in [7, 11) is 0. The topological polar surface area (TPSA) is 30.0 Å². The van der Waals surface area contributed by atoms with E-state index >= 15 is 0 Å². The summed E-state index contributed by atoms with van der Waals surface area (Å²) in [5.74, 6) is 0. The van der Waals surface area contributed by atoms with Crippen LogP contribution in [0, 0.1) is 0 Å². The molecule has 1 aromatic rings. The number of carbonyl (C=O) groups excluding carboxylic acids is 1. The minimum Gasteiger partial charge on any atom is -0.297 e. The first-order chi connectivity index (χ1) is 5.33. The summed E-state index contributed by atoms with van der Waals surface area (Å²) in [5, 5.41) is 0.156. The number of nitrogens with zero attached hydrogens (tertiary/aromatic N) is 1. The lowest BCUT2D eigenvalue weighted by molar-refractivity contribution is -0.104. The van der Waals surface area contributed by atoms with Gasteiger partial charge in [0.05, 0.1) is 10.7 Å². The number of rotatable bonds is 2. The minimum atomic E-state index is 0.156. The van der Waals surface area contributed by atoms with E-state index in [-0.39, 0.29) is 5.03 Å². The van der Waals surface area contributed by atoms with Gasteiger partial charge in [0.15, 0.2) is 6.29 Å². The molecule has 0 atom stereocenters. The molecule has 0 N–H and O–H groups in total. The third-order valence-corrected chi connectivity index (χ3v) is 1.28. The van der Waals surface area contributed by atoms with Crippen molar-refractivity contribution in [2.45, 2.75) is 0 Å². The maximum atomic E-state index is 10.1. The number of pyridine rings is 1. The molecule has 0 unspecified atom stereocenters. The maximum Gasteiger partial charge on any atom is 0.161 e. The third kappa shape index (κ3) is 2.51. The largest absolute Gasteiger partial charge is 0.297 e. The van der Waals surface area contributed by atoms with Crippen LogP contribution in [0.2, 0.25) is 0 Å². The van der Waals surface area contributed by atoms with Gasteiger partial charge in [-0.2, -0.15) is 0 Å². The van der Waals surface area contributed by atoms with Crippen LogP contribution in [0.1, 0.15) is 5.69 Å². The van der Waals surface area contributed by atoms with Crippen molar-refractivity contribution in [2.75, 3.05) is 0 Å². The van der Waals surface area contributed by atoms with Crippen molar-refractivity contribution in [3.05, 3.63) is 35.1 Å². The number of carbonyl (C=O) groups is 1. The van der Waals surface area contributed by atoms with Gasteiger partial charge in [-0.3, -0.25) is 9.78 Å². The summed E-state index contributed by atoms with van der Waals surface area (Å²) >= 11 is 5.45. The van der Waals surface area contributed by atoms with Crippen molar-refractivity contribution in [3.63, 3.8) is 0 Å². The van der Waals surface area contributed by atoms with Gasteiger partial charge in [-0.25, -0.2) is 0 Å². The fraction of sp³-hybridized carbons (Fsp3) is 0. The molecule has 0 amide bonds. The van der Waals surface area contributed by atoms with Crippen LogP contribution in [0.15, 0.2) is 29.4 Å². The van der Waals surface area contributed by atoms with Crippen molar-refractivity contribution in [1.29, 1.82) is 0 Å². The summed E-state index contributed by atoms with van der Waals surface area (Å²) in [6.45, 7) is 0. The summed E-state index contributed by atoms with van der Waals surface area (Å²) in [6.07, 6.45) is 3.73. The Balaban J connectivity index is 2.87. The molecular weight excluding hydrogens is 162 g/mol. The van der Waals surface area contributed by atoms with Gasteiger partial charge in [0, 0.05) is 6.20 Å². The van der Waals surface area contributed by atoms with Crippen LogP contribution in [-0.4, -0.2) is 11.3 Å². The zero-order valence-electron chi connectivity index (χ0n) is 5.70. The number of hydrogen-bond acceptors (Lipinski definition) is 2. The second-order valence-corrected chi connectivity index (χ2v) is 2.34. The first-order valence-corrected chi connectivity index (χ1v) is 3.44. The van der Waals surface area contributed by atoms with Crippen molar-refractivity contribution in [1.82, 2.24) is 4.98 Å². The Morgan fingerprint density at radius 1 is 1.55 bits per heavy atom. The van der Waals surface area contributed by atoms with E-state index in [0.717, 1.165) is 0 Å². The molecule has 0 fully saturated rings. The summed E-state index contributed by atoms with van der Waals surface area (Å²) < 4.78 is 0. The Labute approximate surface area is 69.5 Å². The quantitative estimate of drug-likeness (QED) is 0.497. The zero-order chi connectivity index (χ0) is 8.10. The SMILES string of the molecule is O=C/C(Cl)=C/c1ccccn1. The Bertz CT molecular complexity index is 269. The first-order valence-electron chi connectivity index (χ1n) is 3.06. The van der Waals surface area contributed by atoms with Crippen LogP contribution in [0.5, 0.6) is 0 Å². The Kier molecular flexibility index (Phi) is 2.81. The number of aromatic nitrogens is 1. The molecule has 1 heterocycles. The molecule has 2 nitrogen and oxygen atoms in total. The van der Waals surface area contributed by atoms with E-state index in [4.69, 9.17) is 11.6 Å². The predicted octanol–water partition coefficient (Wildman–Crippen LogP) is 1.86. The highest BCUT2D eigenvalue weighted by atomic mass is 35.5. The second-order valence-electron chi connectivity index (χ2n) is 1.90. The van der Waals surface area contributed by atoms with Gasteiger partial charge in [0.1, 0.15) is 0 Å². The average Bonchev–Trinajstić information content (AvgIpc) is 2.06. The first kappa shape index (κ1) is 7.95. The van der Waals surface area contributed by atoms with Gasteiger partial charge < -0.3 is 0 Å². The molecule has 11 heavy (non-hydrogen) atoms. The second kappa shape index (κ2) is 3.88. The smallest absolute Gasteiger partial charge is 0.161 e. The third-order valence-electron chi connectivity index (χ3n) is 1.09. The standard InChI is InChI=1S/C8H6ClNO/c9-7(6-11)5-8-3-1-2-4-10-8/h1-6H/b7-5-. The monoisotopic (exact) mass is 167 g/mol. The van der Waals surface area contributed by atoms with Gasteiger partial charge in [-0.1, -0.05) is 17.7 Å². The molecule has 0 aliphatic rings. The average molecular weight is 168 g/mol. The van der Waals surface area contributed by atoms with E-state index in [0.29, 0.717) is 12.0 Å². The van der Waals surface area contributed by atoms with Crippen molar-refractivity contribution in [3.8, 4) is 0 Å². The fourth-order valence-corrected chi connectivity index (χ4v) is 0.748. The molecule has 0 aliphatic heterocycles. The highest BCUT2D eigenvalue weighted by Crippen LogP contribution is 2.04. The van der Waals surface area contributed by atoms with Crippen molar-refractivity contribution < 1.29 is 4.79 Å². The molecule has 0 aliphatic carbocycles. The minimum absolute atomic E-state index is 0.156. The molecule has 0 radical (unpaired) electrons. The van der Waals surface area contributed by atoms with E-state index in [9.17, 15) is 4.79 Å².